The van der Waals surface area contributed by atoms with Crippen molar-refractivity contribution in [2.75, 3.05) is 36.8 Å². The number of piperazine rings is 1. The molecule has 1 aliphatic rings. The summed E-state index contributed by atoms with van der Waals surface area (Å²) in [6, 6.07) is 4.82. The smallest absolute Gasteiger partial charge is 0.326 e. The van der Waals surface area contributed by atoms with E-state index >= 15 is 0 Å². The van der Waals surface area contributed by atoms with E-state index in [1.165, 1.54) is 11.3 Å². The van der Waals surface area contributed by atoms with E-state index in [-0.39, 0.29) is 11.8 Å². The number of amides is 4. The predicted octanol–water partition coefficient (Wildman–Crippen LogP) is 1.81. The zero-order chi connectivity index (χ0) is 19.9. The first-order valence-corrected chi connectivity index (χ1v) is 9.86. The van der Waals surface area contributed by atoms with Gasteiger partial charge in [0.05, 0.1) is 5.69 Å². The normalized spacial score (nSPS) is 13.9. The molecule has 0 saturated carbocycles. The molecule has 0 aromatic carbocycles. The largest absolute Gasteiger partial charge is 0.339 e. The maximum absolute atomic E-state index is 12.3. The van der Waals surface area contributed by atoms with Crippen LogP contribution >= 0.6 is 11.3 Å². The highest BCUT2D eigenvalue weighted by Gasteiger charge is 2.22. The van der Waals surface area contributed by atoms with Crippen molar-refractivity contribution in [3.05, 3.63) is 35.5 Å². The summed E-state index contributed by atoms with van der Waals surface area (Å²) in [5, 5.41) is 7.58. The Kier molecular flexibility index (Phi) is 6.53. The summed E-state index contributed by atoms with van der Waals surface area (Å²) in [5.41, 5.74) is 0.758. The molecule has 28 heavy (non-hydrogen) atoms. The maximum atomic E-state index is 12.3. The lowest BCUT2D eigenvalue weighted by Crippen LogP contribution is -2.50. The summed E-state index contributed by atoms with van der Waals surface area (Å²) >= 11 is 1.31. The topological polar surface area (TPSA) is 108 Å². The van der Waals surface area contributed by atoms with E-state index in [0.29, 0.717) is 50.0 Å². The van der Waals surface area contributed by atoms with Crippen LogP contribution in [0.15, 0.2) is 29.8 Å². The highest BCUT2D eigenvalue weighted by molar-refractivity contribution is 7.13. The third kappa shape index (κ3) is 5.49. The summed E-state index contributed by atoms with van der Waals surface area (Å²) in [6.45, 7) is 3.84. The first kappa shape index (κ1) is 19.7. The number of aromatic nitrogens is 2. The van der Waals surface area contributed by atoms with E-state index in [1.54, 1.807) is 41.1 Å². The third-order valence-corrected chi connectivity index (χ3v) is 5.16. The van der Waals surface area contributed by atoms with E-state index in [4.69, 9.17) is 0 Å². The van der Waals surface area contributed by atoms with Gasteiger partial charge < -0.3 is 9.80 Å². The van der Waals surface area contributed by atoms with E-state index in [9.17, 15) is 14.4 Å². The van der Waals surface area contributed by atoms with E-state index in [0.717, 1.165) is 5.69 Å². The summed E-state index contributed by atoms with van der Waals surface area (Å²) in [7, 11) is 0. The molecular weight excluding hydrogens is 380 g/mol. The van der Waals surface area contributed by atoms with Gasteiger partial charge in [0.1, 0.15) is 5.82 Å². The van der Waals surface area contributed by atoms with Gasteiger partial charge in [-0.15, -0.1) is 11.3 Å². The number of hydrogen-bond donors (Lipinski definition) is 2. The fourth-order valence-electron chi connectivity index (χ4n) is 2.82. The molecule has 148 valence electrons. The second-order valence-electron chi connectivity index (χ2n) is 6.32. The SMILES string of the molecule is CC(=O)N1CCN(C(=O)CCc2csc(NC(=O)Nc3ccccn3)n2)CC1. The summed E-state index contributed by atoms with van der Waals surface area (Å²) < 4.78 is 0. The van der Waals surface area contributed by atoms with Crippen LogP contribution in [0.5, 0.6) is 0 Å². The van der Waals surface area contributed by atoms with E-state index < -0.39 is 6.03 Å². The van der Waals surface area contributed by atoms with Gasteiger partial charge in [-0.3, -0.25) is 20.2 Å². The minimum absolute atomic E-state index is 0.0432. The number of urea groups is 1. The Hall–Kier alpha value is -3.01. The van der Waals surface area contributed by atoms with Crippen LogP contribution in [0.25, 0.3) is 0 Å². The Morgan fingerprint density at radius 3 is 2.54 bits per heavy atom. The van der Waals surface area contributed by atoms with Gasteiger partial charge in [0.25, 0.3) is 0 Å². The van der Waals surface area contributed by atoms with Gasteiger partial charge in [-0.25, -0.2) is 14.8 Å². The van der Waals surface area contributed by atoms with Gasteiger partial charge in [0.15, 0.2) is 5.13 Å². The van der Waals surface area contributed by atoms with Crippen molar-refractivity contribution < 1.29 is 14.4 Å². The third-order valence-electron chi connectivity index (χ3n) is 4.35. The second kappa shape index (κ2) is 9.27. The number of anilines is 2. The first-order valence-electron chi connectivity index (χ1n) is 8.98. The fourth-order valence-corrected chi connectivity index (χ4v) is 3.56. The number of aryl methyl sites for hydroxylation is 1. The minimum Gasteiger partial charge on any atom is -0.339 e. The lowest BCUT2D eigenvalue weighted by atomic mass is 10.2. The molecule has 0 bridgehead atoms. The molecule has 0 spiro atoms. The number of carbonyl (C=O) groups is 3. The molecule has 4 amide bonds. The van der Waals surface area contributed by atoms with Gasteiger partial charge in [0, 0.05) is 51.1 Å². The van der Waals surface area contributed by atoms with Crippen molar-refractivity contribution in [1.29, 1.82) is 0 Å². The molecule has 0 aliphatic carbocycles. The second-order valence-corrected chi connectivity index (χ2v) is 7.18. The number of rotatable bonds is 5. The molecule has 3 heterocycles. The van der Waals surface area contributed by atoms with Crippen LogP contribution in [0.3, 0.4) is 0 Å². The van der Waals surface area contributed by atoms with Crippen LogP contribution < -0.4 is 10.6 Å². The summed E-state index contributed by atoms with van der Waals surface area (Å²) in [5.74, 6) is 0.549. The molecule has 1 fully saturated rings. The lowest BCUT2D eigenvalue weighted by molar-refractivity contribution is -0.138. The molecule has 2 aromatic rings. The van der Waals surface area contributed by atoms with Crippen LogP contribution in [0, 0.1) is 0 Å². The van der Waals surface area contributed by atoms with E-state index in [1.807, 2.05) is 5.38 Å². The van der Waals surface area contributed by atoms with Crippen LogP contribution in [0.1, 0.15) is 19.0 Å². The molecule has 10 heteroatoms. The minimum atomic E-state index is -0.418. The molecule has 0 atom stereocenters. The first-order chi connectivity index (χ1) is 13.5. The van der Waals surface area contributed by atoms with Crippen molar-refractivity contribution in [2.45, 2.75) is 19.8 Å². The van der Waals surface area contributed by atoms with Crippen molar-refractivity contribution in [3.8, 4) is 0 Å². The van der Waals surface area contributed by atoms with Crippen molar-refractivity contribution >= 4 is 40.1 Å². The van der Waals surface area contributed by atoms with Gasteiger partial charge in [0.2, 0.25) is 11.8 Å². The molecule has 9 nitrogen and oxygen atoms in total. The molecule has 1 aliphatic heterocycles. The van der Waals surface area contributed by atoms with Crippen molar-refractivity contribution in [1.82, 2.24) is 19.8 Å². The molecule has 2 aromatic heterocycles. The zero-order valence-corrected chi connectivity index (χ0v) is 16.4. The Morgan fingerprint density at radius 2 is 1.86 bits per heavy atom. The quantitative estimate of drug-likeness (QED) is 0.793. The molecule has 0 unspecified atom stereocenters. The number of pyridine rings is 1. The monoisotopic (exact) mass is 402 g/mol. The van der Waals surface area contributed by atoms with Gasteiger partial charge in [-0.1, -0.05) is 6.07 Å². The Bertz CT molecular complexity index is 833. The number of nitrogens with zero attached hydrogens (tertiary/aromatic N) is 4. The average molecular weight is 402 g/mol. The fraction of sp³-hybridized carbons (Fsp3) is 0.389. The highest BCUT2D eigenvalue weighted by Crippen LogP contribution is 2.17. The van der Waals surface area contributed by atoms with Gasteiger partial charge in [-0.2, -0.15) is 0 Å². The summed E-state index contributed by atoms with van der Waals surface area (Å²) in [6.07, 6.45) is 2.45. The number of nitrogens with one attached hydrogen (secondary N) is 2. The standard InChI is InChI=1S/C18H22N6O3S/c1-13(25)23-8-10-24(11-9-23)16(26)6-5-14-12-28-18(20-14)22-17(27)21-15-4-2-3-7-19-15/h2-4,7,12H,5-6,8-11H2,1H3,(H2,19,20,21,22,27). The van der Waals surface area contributed by atoms with Crippen LogP contribution in [0.2, 0.25) is 0 Å². The highest BCUT2D eigenvalue weighted by atomic mass is 32.1. The van der Waals surface area contributed by atoms with Crippen LogP contribution in [0.4, 0.5) is 15.7 Å². The van der Waals surface area contributed by atoms with Gasteiger partial charge in [-0.05, 0) is 18.6 Å². The van der Waals surface area contributed by atoms with Crippen LogP contribution in [-0.2, 0) is 16.0 Å². The molecular formula is C18H22N6O3S. The van der Waals surface area contributed by atoms with Crippen LogP contribution in [-0.4, -0.2) is 63.8 Å². The Morgan fingerprint density at radius 1 is 1.11 bits per heavy atom. The Labute approximate surface area is 166 Å². The number of carbonyl (C=O) groups excluding carboxylic acids is 3. The lowest BCUT2D eigenvalue weighted by Gasteiger charge is -2.34. The zero-order valence-electron chi connectivity index (χ0n) is 15.6. The predicted molar refractivity (Wildman–Crippen MR) is 106 cm³/mol. The van der Waals surface area contributed by atoms with Gasteiger partial charge >= 0.3 is 6.03 Å². The number of hydrogen-bond acceptors (Lipinski definition) is 6. The molecule has 0 radical (unpaired) electrons. The van der Waals surface area contributed by atoms with Crippen molar-refractivity contribution in [2.24, 2.45) is 0 Å². The number of thiazole rings is 1. The molecule has 2 N–H and O–H groups in total. The molecule has 3 rings (SSSR count). The summed E-state index contributed by atoms with van der Waals surface area (Å²) in [4.78, 5) is 47.5. The Balaban J connectivity index is 1.42. The average Bonchev–Trinajstić information content (AvgIpc) is 3.14. The van der Waals surface area contributed by atoms with Crippen molar-refractivity contribution in [3.63, 3.8) is 0 Å². The maximum Gasteiger partial charge on any atom is 0.326 e. The van der Waals surface area contributed by atoms with E-state index in [2.05, 4.69) is 20.6 Å². The molecule has 1 saturated heterocycles.